The van der Waals surface area contributed by atoms with Gasteiger partial charge in [-0.3, -0.25) is 4.90 Å². The number of amides is 2. The predicted molar refractivity (Wildman–Crippen MR) is 78.7 cm³/mol. The van der Waals surface area contributed by atoms with Gasteiger partial charge in [0.15, 0.2) is 0 Å². The number of carboxylic acids is 1. The molecular formula is C12H20N2O3S2. The number of rotatable bonds is 5. The summed E-state index contributed by atoms with van der Waals surface area (Å²) in [6.07, 6.45) is 5.08. The number of hydrogen-bond acceptors (Lipinski definition) is 4. The van der Waals surface area contributed by atoms with Crippen molar-refractivity contribution < 1.29 is 14.7 Å². The standard InChI is InChI=1S/C12H20N2O3S2/c1-3-9-14(8(6-19-9)10(15)16)11(17)13-7-12(18-2)4-5-12/h8-9H,3-7H2,1-2H3,(H,13,17)(H,15,16). The van der Waals surface area contributed by atoms with Crippen molar-refractivity contribution in [2.24, 2.45) is 0 Å². The van der Waals surface area contributed by atoms with Gasteiger partial charge in [0.1, 0.15) is 6.04 Å². The van der Waals surface area contributed by atoms with E-state index < -0.39 is 12.0 Å². The highest BCUT2D eigenvalue weighted by Crippen LogP contribution is 2.46. The Bertz CT molecular complexity index is 374. The van der Waals surface area contributed by atoms with Gasteiger partial charge in [-0.2, -0.15) is 11.8 Å². The lowest BCUT2D eigenvalue weighted by atomic mass is 10.2. The zero-order chi connectivity index (χ0) is 14.0. The quantitative estimate of drug-likeness (QED) is 0.811. The van der Waals surface area contributed by atoms with E-state index in [9.17, 15) is 14.7 Å². The Labute approximate surface area is 121 Å². The lowest BCUT2D eigenvalue weighted by Crippen LogP contribution is -2.51. The maximum Gasteiger partial charge on any atom is 0.327 e. The molecule has 1 aliphatic carbocycles. The first-order chi connectivity index (χ1) is 9.03. The lowest BCUT2D eigenvalue weighted by Gasteiger charge is -2.27. The fourth-order valence-electron chi connectivity index (χ4n) is 2.26. The summed E-state index contributed by atoms with van der Waals surface area (Å²) < 4.78 is 0.197. The van der Waals surface area contributed by atoms with Crippen molar-refractivity contribution in [3.8, 4) is 0 Å². The summed E-state index contributed by atoms with van der Waals surface area (Å²) in [6.45, 7) is 2.61. The number of thioether (sulfide) groups is 2. The molecule has 0 aromatic rings. The summed E-state index contributed by atoms with van der Waals surface area (Å²) in [6, 6.07) is -0.927. The molecule has 19 heavy (non-hydrogen) atoms. The van der Waals surface area contributed by atoms with Crippen molar-refractivity contribution in [3.63, 3.8) is 0 Å². The van der Waals surface area contributed by atoms with Gasteiger partial charge in [0.2, 0.25) is 0 Å². The monoisotopic (exact) mass is 304 g/mol. The maximum atomic E-state index is 12.2. The summed E-state index contributed by atoms with van der Waals surface area (Å²) in [5.41, 5.74) is 0. The van der Waals surface area contributed by atoms with E-state index in [1.54, 1.807) is 23.5 Å². The van der Waals surface area contributed by atoms with Crippen molar-refractivity contribution in [3.05, 3.63) is 0 Å². The van der Waals surface area contributed by atoms with E-state index in [1.807, 2.05) is 6.92 Å². The molecule has 0 spiro atoms. The van der Waals surface area contributed by atoms with Crippen molar-refractivity contribution >= 4 is 35.5 Å². The Hall–Kier alpha value is -0.560. The van der Waals surface area contributed by atoms with Crippen LogP contribution in [-0.4, -0.2) is 56.7 Å². The average molecular weight is 304 g/mol. The van der Waals surface area contributed by atoms with Crippen molar-refractivity contribution in [2.45, 2.75) is 42.3 Å². The van der Waals surface area contributed by atoms with E-state index in [1.165, 1.54) is 4.90 Å². The number of nitrogens with zero attached hydrogens (tertiary/aromatic N) is 1. The van der Waals surface area contributed by atoms with Crippen molar-refractivity contribution in [1.82, 2.24) is 10.2 Å². The lowest BCUT2D eigenvalue weighted by molar-refractivity contribution is -0.141. The molecule has 0 aromatic heterocycles. The van der Waals surface area contributed by atoms with Crippen LogP contribution in [0.25, 0.3) is 0 Å². The smallest absolute Gasteiger partial charge is 0.327 e. The Kier molecular flexibility index (Phi) is 4.55. The molecular weight excluding hydrogens is 284 g/mol. The van der Waals surface area contributed by atoms with Crippen molar-refractivity contribution in [2.75, 3.05) is 18.6 Å². The molecule has 2 unspecified atom stereocenters. The maximum absolute atomic E-state index is 12.2. The van der Waals surface area contributed by atoms with E-state index in [-0.39, 0.29) is 16.2 Å². The van der Waals surface area contributed by atoms with Crippen LogP contribution in [0.15, 0.2) is 0 Å². The van der Waals surface area contributed by atoms with Gasteiger partial charge in [0, 0.05) is 17.0 Å². The number of aliphatic carboxylic acids is 1. The van der Waals surface area contributed by atoms with Crippen LogP contribution in [0.1, 0.15) is 26.2 Å². The second kappa shape index (κ2) is 5.83. The van der Waals surface area contributed by atoms with Crippen LogP contribution in [0.3, 0.4) is 0 Å². The summed E-state index contributed by atoms with van der Waals surface area (Å²) in [4.78, 5) is 25.0. The van der Waals surface area contributed by atoms with E-state index in [0.717, 1.165) is 19.3 Å². The van der Waals surface area contributed by atoms with Gasteiger partial charge < -0.3 is 10.4 Å². The molecule has 0 aromatic carbocycles. The van der Waals surface area contributed by atoms with E-state index in [2.05, 4.69) is 11.6 Å². The first-order valence-electron chi connectivity index (χ1n) is 6.49. The highest BCUT2D eigenvalue weighted by Gasteiger charge is 2.44. The second-order valence-electron chi connectivity index (χ2n) is 5.00. The van der Waals surface area contributed by atoms with Gasteiger partial charge in [-0.15, -0.1) is 11.8 Å². The highest BCUT2D eigenvalue weighted by atomic mass is 32.2. The minimum Gasteiger partial charge on any atom is -0.480 e. The van der Waals surface area contributed by atoms with E-state index in [4.69, 9.17) is 0 Å². The minimum atomic E-state index is -0.912. The average Bonchev–Trinajstić information content (AvgIpc) is 3.05. The third-order valence-electron chi connectivity index (χ3n) is 3.76. The summed E-state index contributed by atoms with van der Waals surface area (Å²) >= 11 is 3.33. The first kappa shape index (κ1) is 14.8. The summed E-state index contributed by atoms with van der Waals surface area (Å²) in [5, 5.41) is 12.1. The molecule has 1 aliphatic heterocycles. The van der Waals surface area contributed by atoms with Crippen LogP contribution >= 0.6 is 23.5 Å². The largest absolute Gasteiger partial charge is 0.480 e. The Morgan fingerprint density at radius 3 is 2.68 bits per heavy atom. The third-order valence-corrected chi connectivity index (χ3v) is 6.64. The topological polar surface area (TPSA) is 69.6 Å². The third kappa shape index (κ3) is 3.13. The fraction of sp³-hybridized carbons (Fsp3) is 0.833. The van der Waals surface area contributed by atoms with Gasteiger partial charge >= 0.3 is 12.0 Å². The molecule has 1 saturated heterocycles. The minimum absolute atomic E-state index is 0.0227. The molecule has 108 valence electrons. The molecule has 1 heterocycles. The molecule has 2 fully saturated rings. The van der Waals surface area contributed by atoms with E-state index >= 15 is 0 Å². The molecule has 0 radical (unpaired) electrons. The van der Waals surface area contributed by atoms with Gasteiger partial charge in [0.25, 0.3) is 0 Å². The Morgan fingerprint density at radius 2 is 2.21 bits per heavy atom. The number of hydrogen-bond donors (Lipinski definition) is 2. The van der Waals surface area contributed by atoms with E-state index in [0.29, 0.717) is 12.3 Å². The molecule has 2 atom stereocenters. The number of carboxylic acid groups (broad SMARTS) is 1. The molecule has 5 nitrogen and oxygen atoms in total. The molecule has 2 N–H and O–H groups in total. The summed E-state index contributed by atoms with van der Waals surface area (Å²) in [5.74, 6) is -0.431. The molecule has 2 aliphatic rings. The zero-order valence-corrected chi connectivity index (χ0v) is 12.9. The Morgan fingerprint density at radius 1 is 1.53 bits per heavy atom. The van der Waals surface area contributed by atoms with Gasteiger partial charge in [0.05, 0.1) is 5.37 Å². The van der Waals surface area contributed by atoms with Crippen molar-refractivity contribution in [1.29, 1.82) is 0 Å². The molecule has 1 saturated carbocycles. The number of nitrogens with one attached hydrogen (secondary N) is 1. The molecule has 7 heteroatoms. The number of carbonyl (C=O) groups is 2. The zero-order valence-electron chi connectivity index (χ0n) is 11.2. The van der Waals surface area contributed by atoms with Crippen LogP contribution in [0, 0.1) is 0 Å². The second-order valence-corrected chi connectivity index (χ2v) is 7.49. The van der Waals surface area contributed by atoms with Gasteiger partial charge in [-0.25, -0.2) is 9.59 Å². The van der Waals surface area contributed by atoms with Gasteiger partial charge in [-0.05, 0) is 25.5 Å². The summed E-state index contributed by atoms with van der Waals surface area (Å²) in [7, 11) is 0. The van der Waals surface area contributed by atoms with Crippen LogP contribution < -0.4 is 5.32 Å². The first-order valence-corrected chi connectivity index (χ1v) is 8.76. The number of carbonyl (C=O) groups excluding carboxylic acids is 1. The van der Waals surface area contributed by atoms with Crippen LogP contribution in [0.4, 0.5) is 4.79 Å². The van der Waals surface area contributed by atoms with Gasteiger partial charge in [-0.1, -0.05) is 6.92 Å². The van der Waals surface area contributed by atoms with Crippen LogP contribution in [0.2, 0.25) is 0 Å². The molecule has 0 bridgehead atoms. The number of urea groups is 1. The normalized spacial score (nSPS) is 28.2. The highest BCUT2D eigenvalue weighted by molar-refractivity contribution is 8.00. The van der Waals surface area contributed by atoms with Crippen LogP contribution in [0.5, 0.6) is 0 Å². The molecule has 2 amide bonds. The molecule has 2 rings (SSSR count). The van der Waals surface area contributed by atoms with Crippen LogP contribution in [-0.2, 0) is 4.79 Å². The Balaban J connectivity index is 1.96. The SMILES string of the molecule is CCC1SCC(C(=O)O)N1C(=O)NCC1(SC)CC1. The fourth-order valence-corrected chi connectivity index (χ4v) is 4.33. The predicted octanol–water partition coefficient (Wildman–Crippen LogP) is 1.83.